The van der Waals surface area contributed by atoms with Gasteiger partial charge < -0.3 is 30.6 Å². The Bertz CT molecular complexity index is 1590. The summed E-state index contributed by atoms with van der Waals surface area (Å²) in [4.78, 5) is 9.91. The number of para-hydroxylation sites is 1. The van der Waals surface area contributed by atoms with E-state index < -0.39 is 7.12 Å². The maximum absolute atomic E-state index is 9.57. The van der Waals surface area contributed by atoms with Crippen LogP contribution in [0.4, 0.5) is 5.82 Å². The van der Waals surface area contributed by atoms with Crippen LogP contribution in [0.1, 0.15) is 16.8 Å². The molecule has 38 heavy (non-hydrogen) atoms. The molecule has 0 radical (unpaired) electrons. The van der Waals surface area contributed by atoms with Gasteiger partial charge in [0.2, 0.25) is 5.95 Å². The third-order valence-corrected chi connectivity index (χ3v) is 6.47. The van der Waals surface area contributed by atoms with Gasteiger partial charge >= 0.3 is 7.12 Å². The number of benzene rings is 3. The summed E-state index contributed by atoms with van der Waals surface area (Å²) in [5, 5.41) is 24.4. The van der Waals surface area contributed by atoms with Gasteiger partial charge in [-0.15, -0.1) is 0 Å². The van der Waals surface area contributed by atoms with E-state index in [2.05, 4.69) is 11.4 Å². The van der Waals surface area contributed by atoms with Crippen molar-refractivity contribution < 1.29 is 19.5 Å². The summed E-state index contributed by atoms with van der Waals surface area (Å²) in [5.41, 5.74) is 11.0. The number of ether oxygens (including phenoxy) is 2. The van der Waals surface area contributed by atoms with Crippen LogP contribution in [-0.4, -0.2) is 52.0 Å². The first-order valence-electron chi connectivity index (χ1n) is 12.4. The highest BCUT2D eigenvalue weighted by Crippen LogP contribution is 2.32. The van der Waals surface area contributed by atoms with Crippen LogP contribution in [-0.2, 0) is 17.8 Å². The molecule has 2 heterocycles. The minimum atomic E-state index is -1.53. The van der Waals surface area contributed by atoms with Crippen molar-refractivity contribution >= 4 is 40.2 Å². The van der Waals surface area contributed by atoms with Crippen molar-refractivity contribution in [1.29, 1.82) is 0 Å². The molecule has 10 heteroatoms. The molecule has 0 unspecified atom stereocenters. The Morgan fingerprint density at radius 3 is 2.58 bits per heavy atom. The average Bonchev–Trinajstić information content (AvgIpc) is 3.27. The number of aromatic nitrogens is 3. The highest BCUT2D eigenvalue weighted by atomic mass is 16.5. The van der Waals surface area contributed by atoms with E-state index in [0.29, 0.717) is 54.8 Å². The SMILES string of the molecule is COCCOc1cccc2c(NCc3cccc(B(O)O)c3)nc(-n3c(C)cc4c(CN)cccc43)nc12. The molecule has 0 amide bonds. The molecule has 5 aromatic rings. The molecule has 0 aliphatic rings. The molecule has 9 nitrogen and oxygen atoms in total. The molecule has 3 aromatic carbocycles. The molecule has 5 rings (SSSR count). The lowest BCUT2D eigenvalue weighted by Crippen LogP contribution is -2.30. The second-order valence-corrected chi connectivity index (χ2v) is 9.01. The minimum Gasteiger partial charge on any atom is -0.489 e. The lowest BCUT2D eigenvalue weighted by molar-refractivity contribution is 0.147. The first-order valence-corrected chi connectivity index (χ1v) is 12.4. The number of nitrogens with one attached hydrogen (secondary N) is 1. The standard InChI is InChI=1S/C28H30BN5O4/c1-18-14-23-20(16-30)7-4-10-24(23)34(18)28-32-26-22(9-5-11-25(26)38-13-12-37-2)27(33-28)31-17-19-6-3-8-21(15-19)29(35)36/h3-11,14-15,35-36H,12-13,16-17,30H2,1-2H3,(H,31,32,33). The Morgan fingerprint density at radius 2 is 1.79 bits per heavy atom. The third kappa shape index (κ3) is 5.07. The van der Waals surface area contributed by atoms with Gasteiger partial charge in [-0.2, -0.15) is 4.98 Å². The molecule has 0 spiro atoms. The van der Waals surface area contributed by atoms with Crippen LogP contribution in [0, 0.1) is 6.92 Å². The number of rotatable bonds is 10. The molecular weight excluding hydrogens is 481 g/mol. The van der Waals surface area contributed by atoms with Crippen molar-refractivity contribution in [3.05, 3.63) is 83.6 Å². The van der Waals surface area contributed by atoms with E-state index in [0.717, 1.165) is 33.1 Å². The molecule has 0 aliphatic heterocycles. The first-order chi connectivity index (χ1) is 18.5. The van der Waals surface area contributed by atoms with Crippen molar-refractivity contribution in [1.82, 2.24) is 14.5 Å². The van der Waals surface area contributed by atoms with Gasteiger partial charge in [-0.05, 0) is 47.8 Å². The highest BCUT2D eigenvalue weighted by molar-refractivity contribution is 6.58. The molecule has 194 valence electrons. The lowest BCUT2D eigenvalue weighted by atomic mass is 9.80. The van der Waals surface area contributed by atoms with E-state index in [-0.39, 0.29) is 0 Å². The minimum absolute atomic E-state index is 0.388. The quantitative estimate of drug-likeness (QED) is 0.167. The molecule has 0 aliphatic carbocycles. The van der Waals surface area contributed by atoms with Crippen LogP contribution in [0.2, 0.25) is 0 Å². The summed E-state index contributed by atoms with van der Waals surface area (Å²) in [6.45, 7) is 3.72. The Kier molecular flexibility index (Phi) is 7.57. The van der Waals surface area contributed by atoms with Crippen molar-refractivity contribution in [2.75, 3.05) is 25.6 Å². The fourth-order valence-electron chi connectivity index (χ4n) is 4.62. The number of hydrogen-bond donors (Lipinski definition) is 4. The third-order valence-electron chi connectivity index (χ3n) is 6.47. The Morgan fingerprint density at radius 1 is 0.974 bits per heavy atom. The van der Waals surface area contributed by atoms with Crippen molar-refractivity contribution in [3.8, 4) is 11.7 Å². The molecule has 0 fully saturated rings. The molecule has 0 atom stereocenters. The maximum Gasteiger partial charge on any atom is 0.488 e. The van der Waals surface area contributed by atoms with E-state index in [1.54, 1.807) is 25.3 Å². The number of aryl methyl sites for hydroxylation is 1. The Hall–Kier alpha value is -3.96. The summed E-state index contributed by atoms with van der Waals surface area (Å²) in [7, 11) is 0.103. The van der Waals surface area contributed by atoms with Crippen molar-refractivity contribution in [2.45, 2.75) is 20.0 Å². The Balaban J connectivity index is 1.64. The normalized spacial score (nSPS) is 11.3. The summed E-state index contributed by atoms with van der Waals surface area (Å²) in [6.07, 6.45) is 0. The van der Waals surface area contributed by atoms with Crippen molar-refractivity contribution in [2.24, 2.45) is 5.73 Å². The number of fused-ring (bicyclic) bond motifs is 2. The van der Waals surface area contributed by atoms with E-state index in [9.17, 15) is 10.0 Å². The number of nitrogens with zero attached hydrogens (tertiary/aromatic N) is 3. The topological polar surface area (TPSA) is 128 Å². The van der Waals surface area contributed by atoms with Crippen LogP contribution in [0.15, 0.2) is 66.7 Å². The summed E-state index contributed by atoms with van der Waals surface area (Å²) in [5.74, 6) is 1.77. The van der Waals surface area contributed by atoms with E-state index in [4.69, 9.17) is 25.2 Å². The van der Waals surface area contributed by atoms with E-state index >= 15 is 0 Å². The zero-order valence-corrected chi connectivity index (χ0v) is 21.4. The van der Waals surface area contributed by atoms with Gasteiger partial charge in [-0.1, -0.05) is 42.5 Å². The van der Waals surface area contributed by atoms with Crippen LogP contribution in [0.25, 0.3) is 27.8 Å². The van der Waals surface area contributed by atoms with E-state index in [1.165, 1.54) is 0 Å². The predicted octanol–water partition coefficient (Wildman–Crippen LogP) is 2.66. The molecule has 2 aromatic heterocycles. The van der Waals surface area contributed by atoms with Gasteiger partial charge in [0.25, 0.3) is 0 Å². The highest BCUT2D eigenvalue weighted by Gasteiger charge is 2.18. The van der Waals surface area contributed by atoms with Gasteiger partial charge in [0, 0.05) is 36.7 Å². The largest absolute Gasteiger partial charge is 0.489 e. The fraction of sp³-hybridized carbons (Fsp3) is 0.214. The molecule has 0 saturated heterocycles. The average molecular weight is 511 g/mol. The maximum atomic E-state index is 9.57. The molecule has 5 N–H and O–H groups in total. The van der Waals surface area contributed by atoms with Gasteiger partial charge in [0.05, 0.1) is 12.1 Å². The van der Waals surface area contributed by atoms with Gasteiger partial charge in [-0.3, -0.25) is 4.57 Å². The number of anilines is 1. The van der Waals surface area contributed by atoms with E-state index in [1.807, 2.05) is 54.0 Å². The molecular formula is C28H30BN5O4. The van der Waals surface area contributed by atoms with Crippen LogP contribution in [0.5, 0.6) is 5.75 Å². The fourth-order valence-corrected chi connectivity index (χ4v) is 4.62. The number of methoxy groups -OCH3 is 1. The molecule has 0 bridgehead atoms. The summed E-state index contributed by atoms with van der Waals surface area (Å²) >= 11 is 0. The summed E-state index contributed by atoms with van der Waals surface area (Å²) < 4.78 is 13.2. The second-order valence-electron chi connectivity index (χ2n) is 9.01. The molecule has 0 saturated carbocycles. The van der Waals surface area contributed by atoms with Crippen molar-refractivity contribution in [3.63, 3.8) is 0 Å². The summed E-state index contributed by atoms with van der Waals surface area (Å²) in [6, 6.07) is 21.0. The monoisotopic (exact) mass is 511 g/mol. The zero-order chi connectivity index (χ0) is 26.6. The van der Waals surface area contributed by atoms with Crippen LogP contribution in [0.3, 0.4) is 0 Å². The smallest absolute Gasteiger partial charge is 0.488 e. The number of nitrogens with two attached hydrogens (primary N) is 1. The van der Waals surface area contributed by atoms with Gasteiger partial charge in [0.15, 0.2) is 0 Å². The first kappa shape index (κ1) is 25.7. The zero-order valence-electron chi connectivity index (χ0n) is 21.4. The second kappa shape index (κ2) is 11.2. The lowest BCUT2D eigenvalue weighted by Gasteiger charge is -2.16. The Labute approximate surface area is 221 Å². The number of hydrogen-bond acceptors (Lipinski definition) is 8. The van der Waals surface area contributed by atoms with Crippen LogP contribution < -0.4 is 21.3 Å². The van der Waals surface area contributed by atoms with Crippen LogP contribution >= 0.6 is 0 Å². The van der Waals surface area contributed by atoms with Gasteiger partial charge in [-0.25, -0.2) is 4.98 Å². The predicted molar refractivity (Wildman–Crippen MR) is 150 cm³/mol. The van der Waals surface area contributed by atoms with Gasteiger partial charge in [0.1, 0.15) is 23.7 Å².